The second-order valence-electron chi connectivity index (χ2n) is 6.53. The van der Waals surface area contributed by atoms with Crippen molar-refractivity contribution in [3.8, 4) is 22.9 Å². The number of methoxy groups -OCH3 is 1. The van der Waals surface area contributed by atoms with Crippen LogP contribution in [0.15, 0.2) is 56.8 Å². The zero-order valence-corrected chi connectivity index (χ0v) is 17.0. The number of phenols is 1. The van der Waals surface area contributed by atoms with Gasteiger partial charge in [-0.3, -0.25) is 0 Å². The molecule has 0 saturated heterocycles. The summed E-state index contributed by atoms with van der Waals surface area (Å²) in [6.45, 7) is 1.72. The average Bonchev–Trinajstić information content (AvgIpc) is 3.09. The van der Waals surface area contributed by atoms with Crippen molar-refractivity contribution in [1.29, 1.82) is 0 Å². The summed E-state index contributed by atoms with van der Waals surface area (Å²) in [5, 5.41) is 20.0. The minimum atomic E-state index is -0.450. The van der Waals surface area contributed by atoms with Crippen molar-refractivity contribution in [3.05, 3.63) is 64.0 Å². The number of para-hydroxylation sites is 1. The van der Waals surface area contributed by atoms with Crippen LogP contribution in [0.2, 0.25) is 0 Å². The van der Waals surface area contributed by atoms with Crippen molar-refractivity contribution in [2.75, 3.05) is 7.11 Å². The summed E-state index contributed by atoms with van der Waals surface area (Å²) in [4.78, 5) is 12.0. The fourth-order valence-electron chi connectivity index (χ4n) is 3.18. The van der Waals surface area contributed by atoms with Crippen LogP contribution in [0.5, 0.6) is 11.5 Å². The van der Waals surface area contributed by atoms with Crippen molar-refractivity contribution < 1.29 is 14.3 Å². The van der Waals surface area contributed by atoms with Gasteiger partial charge >= 0.3 is 5.63 Å². The predicted molar refractivity (Wildman–Crippen MR) is 111 cm³/mol. The quantitative estimate of drug-likeness (QED) is 0.395. The maximum Gasteiger partial charge on any atom is 0.336 e. The van der Waals surface area contributed by atoms with E-state index in [2.05, 4.69) is 10.2 Å². The Morgan fingerprint density at radius 2 is 2.00 bits per heavy atom. The summed E-state index contributed by atoms with van der Waals surface area (Å²) < 4.78 is 12.6. The number of thioether (sulfide) groups is 1. The largest absolute Gasteiger partial charge is 0.508 e. The van der Waals surface area contributed by atoms with Gasteiger partial charge in [-0.15, -0.1) is 10.2 Å². The summed E-state index contributed by atoms with van der Waals surface area (Å²) in [6.07, 6.45) is 0. The van der Waals surface area contributed by atoms with Crippen molar-refractivity contribution >= 4 is 22.7 Å². The van der Waals surface area contributed by atoms with Gasteiger partial charge in [-0.05, 0) is 36.8 Å². The van der Waals surface area contributed by atoms with Gasteiger partial charge in [0.25, 0.3) is 0 Å². The lowest BCUT2D eigenvalue weighted by Crippen LogP contribution is -2.01. The van der Waals surface area contributed by atoms with Crippen LogP contribution in [0.3, 0.4) is 0 Å². The normalized spacial score (nSPS) is 11.1. The maximum absolute atomic E-state index is 12.0. The molecule has 8 heteroatoms. The van der Waals surface area contributed by atoms with Gasteiger partial charge in [0.2, 0.25) is 0 Å². The van der Waals surface area contributed by atoms with Crippen molar-refractivity contribution in [1.82, 2.24) is 14.8 Å². The number of hydrogen-bond donors (Lipinski definition) is 1. The molecule has 4 rings (SSSR count). The first-order chi connectivity index (χ1) is 14.0. The molecule has 7 nitrogen and oxygen atoms in total. The third-order valence-corrected chi connectivity index (χ3v) is 5.83. The second kappa shape index (κ2) is 7.63. The molecule has 0 aliphatic carbocycles. The lowest BCUT2D eigenvalue weighted by atomic mass is 10.1. The molecule has 0 bridgehead atoms. The van der Waals surface area contributed by atoms with Crippen LogP contribution >= 0.6 is 11.8 Å². The molecule has 0 fully saturated rings. The minimum Gasteiger partial charge on any atom is -0.508 e. The van der Waals surface area contributed by atoms with Crippen molar-refractivity contribution in [3.63, 3.8) is 0 Å². The van der Waals surface area contributed by atoms with E-state index in [9.17, 15) is 9.90 Å². The van der Waals surface area contributed by atoms with Crippen LogP contribution in [0.1, 0.15) is 11.1 Å². The number of aromatic nitrogens is 3. The molecule has 4 aromatic rings. The molecule has 0 atom stereocenters. The molecule has 0 spiro atoms. The number of nitrogens with zero attached hydrogens (tertiary/aromatic N) is 3. The first-order valence-electron chi connectivity index (χ1n) is 8.90. The van der Waals surface area contributed by atoms with Crippen LogP contribution in [-0.2, 0) is 12.8 Å². The fraction of sp³-hybridized carbons (Fsp3) is 0.190. The Morgan fingerprint density at radius 1 is 1.21 bits per heavy atom. The van der Waals surface area contributed by atoms with Crippen molar-refractivity contribution in [2.45, 2.75) is 17.8 Å². The number of aryl methyl sites for hydroxylation is 1. The SMILES string of the molecule is COc1ccccc1-c1nnc(SCc2cc(=O)oc3c(C)c(O)ccc23)n1C. The van der Waals surface area contributed by atoms with E-state index in [-0.39, 0.29) is 5.75 Å². The lowest BCUT2D eigenvalue weighted by molar-refractivity contribution is 0.416. The summed E-state index contributed by atoms with van der Waals surface area (Å²) in [7, 11) is 3.51. The molecule has 1 N–H and O–H groups in total. The minimum absolute atomic E-state index is 0.0974. The van der Waals surface area contributed by atoms with Gasteiger partial charge in [0.15, 0.2) is 11.0 Å². The van der Waals surface area contributed by atoms with Crippen molar-refractivity contribution in [2.24, 2.45) is 7.05 Å². The van der Waals surface area contributed by atoms with Crippen LogP contribution in [0.25, 0.3) is 22.4 Å². The van der Waals surface area contributed by atoms with Crippen LogP contribution in [0, 0.1) is 6.92 Å². The van der Waals surface area contributed by atoms with Gasteiger partial charge in [-0.2, -0.15) is 0 Å². The van der Waals surface area contributed by atoms with Crippen LogP contribution in [-0.4, -0.2) is 27.0 Å². The topological polar surface area (TPSA) is 90.4 Å². The van der Waals surface area contributed by atoms with Gasteiger partial charge in [0.1, 0.15) is 17.1 Å². The Labute approximate surface area is 171 Å². The van der Waals surface area contributed by atoms with Gasteiger partial charge in [0.05, 0.1) is 12.7 Å². The number of phenolic OH excluding ortho intramolecular Hbond substituents is 1. The molecule has 2 heterocycles. The number of aromatic hydroxyl groups is 1. The zero-order chi connectivity index (χ0) is 20.5. The third-order valence-electron chi connectivity index (χ3n) is 4.76. The number of benzene rings is 2. The highest BCUT2D eigenvalue weighted by Gasteiger charge is 2.16. The van der Waals surface area contributed by atoms with E-state index < -0.39 is 5.63 Å². The van der Waals surface area contributed by atoms with E-state index in [1.54, 1.807) is 26.2 Å². The van der Waals surface area contributed by atoms with E-state index >= 15 is 0 Å². The zero-order valence-electron chi connectivity index (χ0n) is 16.2. The Morgan fingerprint density at radius 3 is 2.79 bits per heavy atom. The standard InChI is InChI=1S/C21H19N3O4S/c1-12-16(25)9-8-14-13(10-18(26)28-19(12)14)11-29-21-23-22-20(24(21)2)15-6-4-5-7-17(15)27-3/h4-10,25H,11H2,1-3H3. The summed E-state index contributed by atoms with van der Waals surface area (Å²) in [5.74, 6) is 2.02. The monoisotopic (exact) mass is 409 g/mol. The summed E-state index contributed by atoms with van der Waals surface area (Å²) in [6, 6.07) is 12.5. The number of ether oxygens (including phenoxy) is 1. The van der Waals surface area contributed by atoms with Gasteiger partial charge in [-0.25, -0.2) is 4.79 Å². The molecule has 29 heavy (non-hydrogen) atoms. The first-order valence-corrected chi connectivity index (χ1v) is 9.89. The van der Waals surface area contributed by atoms with Gasteiger partial charge < -0.3 is 18.8 Å². The third kappa shape index (κ3) is 3.47. The maximum atomic E-state index is 12.0. The molecule has 2 aromatic carbocycles. The molecular formula is C21H19N3O4S. The number of rotatable bonds is 5. The van der Waals surface area contributed by atoms with Gasteiger partial charge in [-0.1, -0.05) is 23.9 Å². The van der Waals surface area contributed by atoms with E-state index in [1.165, 1.54) is 17.8 Å². The summed E-state index contributed by atoms with van der Waals surface area (Å²) >= 11 is 1.47. The Hall–Kier alpha value is -3.26. The number of hydrogen-bond acceptors (Lipinski definition) is 7. The molecule has 2 aromatic heterocycles. The highest BCUT2D eigenvalue weighted by molar-refractivity contribution is 7.98. The summed E-state index contributed by atoms with van der Waals surface area (Å²) in [5.41, 5.74) is 2.17. The molecule has 0 amide bonds. The molecule has 0 saturated carbocycles. The molecule has 0 aliphatic heterocycles. The van der Waals surface area contributed by atoms with Crippen LogP contribution in [0.4, 0.5) is 0 Å². The molecule has 0 aliphatic rings. The molecule has 0 unspecified atom stereocenters. The predicted octanol–water partition coefficient (Wildman–Crippen LogP) is 3.90. The Kier molecular flexibility index (Phi) is 5.02. The highest BCUT2D eigenvalue weighted by Crippen LogP contribution is 2.33. The Balaban J connectivity index is 1.67. The molecule has 0 radical (unpaired) electrons. The smallest absolute Gasteiger partial charge is 0.336 e. The van der Waals surface area contributed by atoms with E-state index in [4.69, 9.17) is 9.15 Å². The number of fused-ring (bicyclic) bond motifs is 1. The van der Waals surface area contributed by atoms with E-state index in [0.29, 0.717) is 27.9 Å². The first kappa shape index (κ1) is 19.1. The lowest BCUT2D eigenvalue weighted by Gasteiger charge is -2.09. The van der Waals surface area contributed by atoms with E-state index in [0.717, 1.165) is 22.3 Å². The Bertz CT molecular complexity index is 1260. The molecule has 148 valence electrons. The van der Waals surface area contributed by atoms with Gasteiger partial charge in [0, 0.05) is 29.8 Å². The van der Waals surface area contributed by atoms with Crippen LogP contribution < -0.4 is 10.4 Å². The second-order valence-corrected chi connectivity index (χ2v) is 7.47. The average molecular weight is 409 g/mol. The fourth-order valence-corrected chi connectivity index (χ4v) is 4.08. The molecular weight excluding hydrogens is 390 g/mol. The highest BCUT2D eigenvalue weighted by atomic mass is 32.2. The van der Waals surface area contributed by atoms with E-state index in [1.807, 2.05) is 35.9 Å².